The summed E-state index contributed by atoms with van der Waals surface area (Å²) in [5, 5.41) is 11.0. The molecule has 0 spiro atoms. The number of amides is 3. The van der Waals surface area contributed by atoms with Gasteiger partial charge in [0, 0.05) is 69.4 Å². The van der Waals surface area contributed by atoms with E-state index < -0.39 is 0 Å². The molecule has 10 heteroatoms. The number of anilines is 2. The van der Waals surface area contributed by atoms with Crippen molar-refractivity contribution in [1.82, 2.24) is 24.9 Å². The molecule has 1 aromatic heterocycles. The van der Waals surface area contributed by atoms with E-state index in [2.05, 4.69) is 41.4 Å². The number of aromatic nitrogens is 2. The molecule has 2 N–H and O–H groups in total. The predicted molar refractivity (Wildman–Crippen MR) is 164 cm³/mol. The molecular formula is C32H41N7O3. The zero-order valence-electron chi connectivity index (χ0n) is 25.0. The van der Waals surface area contributed by atoms with Gasteiger partial charge in [0.15, 0.2) is 0 Å². The first-order chi connectivity index (χ1) is 20.1. The molecule has 0 saturated carbocycles. The Balaban J connectivity index is 1.35. The number of rotatable bonds is 5. The van der Waals surface area contributed by atoms with Gasteiger partial charge in [0.2, 0.25) is 0 Å². The Morgan fingerprint density at radius 2 is 1.52 bits per heavy atom. The molecule has 10 nitrogen and oxygen atoms in total. The molecule has 2 fully saturated rings. The molecule has 3 heterocycles. The highest BCUT2D eigenvalue weighted by Gasteiger charge is 2.28. The highest BCUT2D eigenvalue weighted by atomic mass is 16.2. The van der Waals surface area contributed by atoms with Crippen LogP contribution in [0.25, 0.3) is 0 Å². The van der Waals surface area contributed by atoms with Crippen LogP contribution in [-0.4, -0.2) is 89.7 Å². The zero-order valence-corrected chi connectivity index (χ0v) is 25.0. The summed E-state index contributed by atoms with van der Waals surface area (Å²) in [6, 6.07) is 16.5. The fraction of sp³-hybridized carbons (Fsp3) is 0.438. The van der Waals surface area contributed by atoms with Crippen LogP contribution in [0.2, 0.25) is 0 Å². The van der Waals surface area contributed by atoms with Gasteiger partial charge in [0.25, 0.3) is 17.7 Å². The molecule has 0 atom stereocenters. The van der Waals surface area contributed by atoms with Gasteiger partial charge in [-0.3, -0.25) is 19.1 Å². The third-order valence-corrected chi connectivity index (χ3v) is 7.93. The van der Waals surface area contributed by atoms with E-state index >= 15 is 0 Å². The summed E-state index contributed by atoms with van der Waals surface area (Å²) in [5.74, 6) is -0.313. The molecule has 0 aliphatic carbocycles. The summed E-state index contributed by atoms with van der Waals surface area (Å²) in [4.78, 5) is 45.9. The Morgan fingerprint density at radius 3 is 2.21 bits per heavy atom. The summed E-state index contributed by atoms with van der Waals surface area (Å²) in [7, 11) is 1.81. The molecule has 5 rings (SSSR count). The first-order valence-corrected chi connectivity index (χ1v) is 14.7. The number of hydrogen-bond donors (Lipinski definition) is 2. The molecule has 0 radical (unpaired) electrons. The van der Waals surface area contributed by atoms with Crippen molar-refractivity contribution in [1.29, 1.82) is 0 Å². The predicted octanol–water partition coefficient (Wildman–Crippen LogP) is 3.37. The van der Waals surface area contributed by atoms with E-state index in [0.29, 0.717) is 61.8 Å². The molecule has 0 unspecified atom stereocenters. The van der Waals surface area contributed by atoms with Crippen molar-refractivity contribution in [2.45, 2.75) is 32.6 Å². The maximum absolute atomic E-state index is 13.4. The van der Waals surface area contributed by atoms with E-state index in [1.807, 2.05) is 53.2 Å². The van der Waals surface area contributed by atoms with Crippen molar-refractivity contribution < 1.29 is 14.4 Å². The Bertz CT molecular complexity index is 1430. The normalized spacial score (nSPS) is 16.2. The van der Waals surface area contributed by atoms with Crippen molar-refractivity contribution in [2.75, 3.05) is 62.6 Å². The Kier molecular flexibility index (Phi) is 8.63. The lowest BCUT2D eigenvalue weighted by atomic mass is 9.92. The number of hydrogen-bond acceptors (Lipinski definition) is 6. The zero-order chi connectivity index (χ0) is 29.9. The topological polar surface area (TPSA) is 103 Å². The number of nitrogens with one attached hydrogen (secondary N) is 2. The fourth-order valence-corrected chi connectivity index (χ4v) is 5.41. The Morgan fingerprint density at radius 1 is 0.810 bits per heavy atom. The summed E-state index contributed by atoms with van der Waals surface area (Å²) in [6.45, 7) is 11.5. The van der Waals surface area contributed by atoms with Gasteiger partial charge in [-0.1, -0.05) is 39.0 Å². The monoisotopic (exact) mass is 571 g/mol. The summed E-state index contributed by atoms with van der Waals surface area (Å²) in [6.07, 6.45) is 0.904. The van der Waals surface area contributed by atoms with E-state index in [1.54, 1.807) is 22.9 Å². The van der Waals surface area contributed by atoms with Crippen molar-refractivity contribution in [2.24, 2.45) is 7.05 Å². The molecular weight excluding hydrogens is 530 g/mol. The van der Waals surface area contributed by atoms with E-state index in [9.17, 15) is 14.4 Å². The van der Waals surface area contributed by atoms with E-state index in [4.69, 9.17) is 0 Å². The maximum atomic E-state index is 13.4. The van der Waals surface area contributed by atoms with Crippen LogP contribution in [0.4, 0.5) is 11.4 Å². The minimum absolute atomic E-state index is 0.0364. The number of carbonyl (C=O) groups is 3. The van der Waals surface area contributed by atoms with Crippen LogP contribution in [0, 0.1) is 0 Å². The van der Waals surface area contributed by atoms with Gasteiger partial charge >= 0.3 is 0 Å². The lowest BCUT2D eigenvalue weighted by molar-refractivity contribution is 0.0733. The van der Waals surface area contributed by atoms with Crippen molar-refractivity contribution in [3.05, 3.63) is 77.1 Å². The number of nitrogens with zero attached hydrogens (tertiary/aromatic N) is 5. The van der Waals surface area contributed by atoms with Crippen molar-refractivity contribution in [3.63, 3.8) is 0 Å². The van der Waals surface area contributed by atoms with Crippen LogP contribution in [0.15, 0.2) is 54.6 Å². The third-order valence-electron chi connectivity index (χ3n) is 7.93. The third kappa shape index (κ3) is 6.49. The minimum Gasteiger partial charge on any atom is -0.366 e. The van der Waals surface area contributed by atoms with Gasteiger partial charge in [-0.15, -0.1) is 0 Å². The standard InChI is InChI=1S/C32H41N7O3/c1-32(2,3)28-22-27(36(4)35-28)31(42)39-19-17-37(18-20-39)26-12-11-24(30(41)38-15-8-13-33-14-16-38)21-25(26)34-29(40)23-9-6-5-7-10-23/h5-7,9-12,21-22,33H,8,13-20H2,1-4H3,(H,34,40). The molecule has 2 aromatic carbocycles. The van der Waals surface area contributed by atoms with Crippen LogP contribution in [-0.2, 0) is 12.5 Å². The molecule has 2 aliphatic heterocycles. The first-order valence-electron chi connectivity index (χ1n) is 14.7. The largest absolute Gasteiger partial charge is 0.366 e. The molecule has 2 aliphatic rings. The molecule has 3 aromatic rings. The number of aryl methyl sites for hydroxylation is 1. The van der Waals surface area contributed by atoms with Crippen LogP contribution in [0.5, 0.6) is 0 Å². The van der Waals surface area contributed by atoms with Gasteiger partial charge in [0.05, 0.1) is 17.1 Å². The molecule has 0 bridgehead atoms. The van der Waals surface area contributed by atoms with Gasteiger partial charge in [0.1, 0.15) is 5.69 Å². The van der Waals surface area contributed by atoms with Gasteiger partial charge in [-0.25, -0.2) is 0 Å². The fourth-order valence-electron chi connectivity index (χ4n) is 5.41. The molecule has 3 amide bonds. The second kappa shape index (κ2) is 12.4. The summed E-state index contributed by atoms with van der Waals surface area (Å²) in [5.41, 5.74) is 3.82. The van der Waals surface area contributed by atoms with Gasteiger partial charge < -0.3 is 25.3 Å². The summed E-state index contributed by atoms with van der Waals surface area (Å²) < 4.78 is 1.67. The average molecular weight is 572 g/mol. The lowest BCUT2D eigenvalue weighted by Crippen LogP contribution is -2.49. The van der Waals surface area contributed by atoms with Crippen LogP contribution in [0.1, 0.15) is 64.1 Å². The second-order valence-electron chi connectivity index (χ2n) is 12.0. The smallest absolute Gasteiger partial charge is 0.272 e. The van der Waals surface area contributed by atoms with Crippen LogP contribution < -0.4 is 15.5 Å². The van der Waals surface area contributed by atoms with Crippen molar-refractivity contribution in [3.8, 4) is 0 Å². The molecule has 42 heavy (non-hydrogen) atoms. The minimum atomic E-state index is -0.236. The Labute approximate surface area is 247 Å². The number of benzene rings is 2. The van der Waals surface area contributed by atoms with Crippen molar-refractivity contribution >= 4 is 29.1 Å². The van der Waals surface area contributed by atoms with E-state index in [1.165, 1.54) is 0 Å². The molecule has 2 saturated heterocycles. The van der Waals surface area contributed by atoms with Gasteiger partial charge in [-0.2, -0.15) is 5.10 Å². The SMILES string of the molecule is Cn1nc(C(C)(C)C)cc1C(=O)N1CCN(c2ccc(C(=O)N3CCCNCC3)cc2NC(=O)c2ccccc2)CC1. The highest BCUT2D eigenvalue weighted by molar-refractivity contribution is 6.07. The second-order valence-corrected chi connectivity index (χ2v) is 12.0. The maximum Gasteiger partial charge on any atom is 0.272 e. The van der Waals surface area contributed by atoms with Crippen LogP contribution in [0.3, 0.4) is 0 Å². The van der Waals surface area contributed by atoms with Gasteiger partial charge in [-0.05, 0) is 49.4 Å². The number of carbonyl (C=O) groups excluding carboxylic acids is 3. The quantitative estimate of drug-likeness (QED) is 0.487. The first kappa shape index (κ1) is 29.3. The molecule has 222 valence electrons. The average Bonchev–Trinajstić information content (AvgIpc) is 3.20. The lowest BCUT2D eigenvalue weighted by Gasteiger charge is -2.37. The number of piperazine rings is 1. The van der Waals surface area contributed by atoms with Crippen LogP contribution >= 0.6 is 0 Å². The Hall–Kier alpha value is -4.18. The summed E-state index contributed by atoms with van der Waals surface area (Å²) >= 11 is 0. The van der Waals surface area contributed by atoms with E-state index in [0.717, 1.165) is 30.9 Å². The highest BCUT2D eigenvalue weighted by Crippen LogP contribution is 2.30. The van der Waals surface area contributed by atoms with E-state index in [-0.39, 0.29) is 23.1 Å².